The number of nitrogens with one attached hydrogen (secondary N) is 1. The predicted molar refractivity (Wildman–Crippen MR) is 111 cm³/mol. The third-order valence-corrected chi connectivity index (χ3v) is 4.27. The van der Waals surface area contributed by atoms with Gasteiger partial charge in [0.05, 0.1) is 12.8 Å². The van der Waals surface area contributed by atoms with Crippen molar-refractivity contribution in [2.45, 2.75) is 39.2 Å². The molecular weight excluding hydrogens is 408 g/mol. The van der Waals surface area contributed by atoms with Gasteiger partial charge >= 0.3 is 0 Å². The van der Waals surface area contributed by atoms with Crippen molar-refractivity contribution in [3.05, 3.63) is 58.6 Å². The number of benzene rings is 2. The van der Waals surface area contributed by atoms with Gasteiger partial charge in [0.1, 0.15) is 11.5 Å². The molecule has 144 valence electrons. The molecule has 5 nitrogen and oxygen atoms in total. The molecule has 2 rings (SSSR count). The first kappa shape index (κ1) is 21.0. The number of ether oxygens (including phenoxy) is 2. The Hall–Kier alpha value is -2.34. The van der Waals surface area contributed by atoms with Gasteiger partial charge in [0, 0.05) is 4.47 Å². The largest absolute Gasteiger partial charge is 0.494 e. The van der Waals surface area contributed by atoms with Crippen molar-refractivity contribution in [3.8, 4) is 11.5 Å². The molecule has 0 heterocycles. The van der Waals surface area contributed by atoms with Crippen molar-refractivity contribution >= 4 is 28.1 Å². The van der Waals surface area contributed by atoms with Gasteiger partial charge in [-0.15, -0.1) is 0 Å². The summed E-state index contributed by atoms with van der Waals surface area (Å²) in [7, 11) is 0. The maximum atomic E-state index is 12.3. The molecule has 1 N–H and O–H groups in total. The highest BCUT2D eigenvalue weighted by atomic mass is 79.9. The lowest BCUT2D eigenvalue weighted by Gasteiger charge is -2.15. The minimum Gasteiger partial charge on any atom is -0.494 e. The van der Waals surface area contributed by atoms with Crippen LogP contribution in [0.1, 0.15) is 38.7 Å². The van der Waals surface area contributed by atoms with Crippen molar-refractivity contribution in [2.24, 2.45) is 5.10 Å². The molecular formula is C21H25BrN2O3. The van der Waals surface area contributed by atoms with Gasteiger partial charge in [0.15, 0.2) is 6.10 Å². The monoisotopic (exact) mass is 432 g/mol. The number of unbranched alkanes of at least 4 members (excludes halogenated alkanes) is 1. The Balaban J connectivity index is 1.85. The lowest BCUT2D eigenvalue weighted by molar-refractivity contribution is -0.128. The van der Waals surface area contributed by atoms with Crippen LogP contribution < -0.4 is 14.9 Å². The molecule has 2 aromatic carbocycles. The fourth-order valence-corrected chi connectivity index (χ4v) is 2.63. The van der Waals surface area contributed by atoms with Crippen LogP contribution >= 0.6 is 15.9 Å². The molecule has 0 radical (unpaired) electrons. The van der Waals surface area contributed by atoms with Gasteiger partial charge in [-0.1, -0.05) is 42.3 Å². The first-order chi connectivity index (χ1) is 13.1. The van der Waals surface area contributed by atoms with Crippen molar-refractivity contribution in [1.82, 2.24) is 5.43 Å². The molecule has 0 saturated carbocycles. The Labute approximate surface area is 168 Å². The van der Waals surface area contributed by atoms with Crippen molar-refractivity contribution in [3.63, 3.8) is 0 Å². The molecule has 0 spiro atoms. The summed E-state index contributed by atoms with van der Waals surface area (Å²) >= 11 is 3.39. The zero-order valence-electron chi connectivity index (χ0n) is 15.7. The number of nitrogens with zero attached hydrogens (tertiary/aromatic N) is 1. The van der Waals surface area contributed by atoms with Crippen LogP contribution in [0, 0.1) is 0 Å². The van der Waals surface area contributed by atoms with Crippen molar-refractivity contribution < 1.29 is 14.3 Å². The molecule has 0 aliphatic carbocycles. The zero-order valence-corrected chi connectivity index (χ0v) is 17.2. The summed E-state index contributed by atoms with van der Waals surface area (Å²) in [5.41, 5.74) is 3.41. The molecule has 27 heavy (non-hydrogen) atoms. The minimum absolute atomic E-state index is 0.284. The average molecular weight is 433 g/mol. The van der Waals surface area contributed by atoms with E-state index < -0.39 is 6.10 Å². The third-order valence-electron chi connectivity index (χ3n) is 3.77. The summed E-state index contributed by atoms with van der Waals surface area (Å²) in [6.45, 7) is 4.74. The lowest BCUT2D eigenvalue weighted by Crippen LogP contribution is -2.35. The number of carbonyl (C=O) groups excluding carboxylic acids is 1. The van der Waals surface area contributed by atoms with Gasteiger partial charge in [-0.05, 0) is 60.9 Å². The van der Waals surface area contributed by atoms with E-state index in [4.69, 9.17) is 9.47 Å². The highest BCUT2D eigenvalue weighted by molar-refractivity contribution is 9.10. The number of hydrogen-bond acceptors (Lipinski definition) is 4. The van der Waals surface area contributed by atoms with E-state index in [0.29, 0.717) is 12.2 Å². The van der Waals surface area contributed by atoms with Crippen LogP contribution in [0.5, 0.6) is 11.5 Å². The molecule has 6 heteroatoms. The highest BCUT2D eigenvalue weighted by Crippen LogP contribution is 2.19. The van der Waals surface area contributed by atoms with E-state index >= 15 is 0 Å². The second-order valence-corrected chi connectivity index (χ2v) is 6.89. The van der Waals surface area contributed by atoms with E-state index in [-0.39, 0.29) is 5.91 Å². The molecule has 2 aromatic rings. The quantitative estimate of drug-likeness (QED) is 0.328. The topological polar surface area (TPSA) is 59.9 Å². The molecule has 0 saturated heterocycles. The number of hydrazone groups is 1. The van der Waals surface area contributed by atoms with Crippen LogP contribution in [0.4, 0.5) is 0 Å². The van der Waals surface area contributed by atoms with Gasteiger partial charge in [-0.25, -0.2) is 5.43 Å². The first-order valence-corrected chi connectivity index (χ1v) is 9.89. The van der Waals surface area contributed by atoms with Crippen LogP contribution in [-0.4, -0.2) is 24.8 Å². The van der Waals surface area contributed by atoms with Gasteiger partial charge < -0.3 is 9.47 Å². The number of halogens is 1. The SMILES string of the molecule is CCCCOc1ccc(/C=N\NC(=O)C(CC)Oc2cccc(Br)c2)cc1. The van der Waals surface area contributed by atoms with Crippen LogP contribution in [0.2, 0.25) is 0 Å². The number of amides is 1. The first-order valence-electron chi connectivity index (χ1n) is 9.10. The molecule has 0 aliphatic heterocycles. The van der Waals surface area contributed by atoms with E-state index in [1.807, 2.05) is 55.5 Å². The molecule has 0 aliphatic rings. The van der Waals surface area contributed by atoms with Gasteiger partial charge in [0.2, 0.25) is 0 Å². The lowest BCUT2D eigenvalue weighted by atomic mass is 10.2. The zero-order chi connectivity index (χ0) is 19.5. The smallest absolute Gasteiger partial charge is 0.281 e. The van der Waals surface area contributed by atoms with Crippen LogP contribution in [0.25, 0.3) is 0 Å². The van der Waals surface area contributed by atoms with Crippen molar-refractivity contribution in [1.29, 1.82) is 0 Å². The summed E-state index contributed by atoms with van der Waals surface area (Å²) in [5, 5.41) is 4.02. The van der Waals surface area contributed by atoms with Crippen LogP contribution in [0.3, 0.4) is 0 Å². The van der Waals surface area contributed by atoms with Gasteiger partial charge in [-0.3, -0.25) is 4.79 Å². The fraction of sp³-hybridized carbons (Fsp3) is 0.333. The second-order valence-electron chi connectivity index (χ2n) is 5.98. The normalized spacial score (nSPS) is 12.0. The van der Waals surface area contributed by atoms with E-state index in [9.17, 15) is 4.79 Å². The molecule has 1 amide bonds. The highest BCUT2D eigenvalue weighted by Gasteiger charge is 2.17. The second kappa shape index (κ2) is 11.4. The Morgan fingerprint density at radius 3 is 2.63 bits per heavy atom. The van der Waals surface area contributed by atoms with E-state index in [0.717, 1.165) is 35.2 Å². The summed E-state index contributed by atoms with van der Waals surface area (Å²) in [4.78, 5) is 12.3. The summed E-state index contributed by atoms with van der Waals surface area (Å²) < 4.78 is 12.3. The maximum Gasteiger partial charge on any atom is 0.281 e. The average Bonchev–Trinajstić information content (AvgIpc) is 2.67. The van der Waals surface area contributed by atoms with E-state index in [1.54, 1.807) is 6.21 Å². The number of rotatable bonds is 10. The molecule has 0 bridgehead atoms. The fourth-order valence-electron chi connectivity index (χ4n) is 2.25. The summed E-state index contributed by atoms with van der Waals surface area (Å²) in [5.74, 6) is 1.18. The predicted octanol–water partition coefficient (Wildman–Crippen LogP) is 4.94. The number of hydrogen-bond donors (Lipinski definition) is 1. The van der Waals surface area contributed by atoms with E-state index in [1.165, 1.54) is 0 Å². The van der Waals surface area contributed by atoms with Gasteiger partial charge in [0.25, 0.3) is 5.91 Å². The number of carbonyl (C=O) groups is 1. The Kier molecular flexibility index (Phi) is 8.84. The third kappa shape index (κ3) is 7.43. The van der Waals surface area contributed by atoms with Crippen LogP contribution in [-0.2, 0) is 4.79 Å². The standard InChI is InChI=1S/C21H25BrN2O3/c1-3-5-13-26-18-11-9-16(10-12-18)15-23-24-21(25)20(4-2)27-19-8-6-7-17(22)14-19/h6-12,14-15,20H,3-5,13H2,1-2H3,(H,24,25)/b23-15-. The van der Waals surface area contributed by atoms with Crippen molar-refractivity contribution in [2.75, 3.05) is 6.61 Å². The Morgan fingerprint density at radius 1 is 1.19 bits per heavy atom. The van der Waals surface area contributed by atoms with E-state index in [2.05, 4.69) is 33.4 Å². The maximum absolute atomic E-state index is 12.3. The molecule has 0 aromatic heterocycles. The molecule has 1 atom stereocenters. The van der Waals surface area contributed by atoms with Gasteiger partial charge in [-0.2, -0.15) is 5.10 Å². The molecule has 0 fully saturated rings. The Morgan fingerprint density at radius 2 is 1.96 bits per heavy atom. The summed E-state index contributed by atoms with van der Waals surface area (Å²) in [6, 6.07) is 15.0. The summed E-state index contributed by atoms with van der Waals surface area (Å²) in [6.07, 6.45) is 3.67. The van der Waals surface area contributed by atoms with Crippen LogP contribution in [0.15, 0.2) is 58.1 Å². The minimum atomic E-state index is -0.606. The molecule has 1 unspecified atom stereocenters. The Bertz CT molecular complexity index is 747.